The Morgan fingerprint density at radius 2 is 1.76 bits per heavy atom. The van der Waals surface area contributed by atoms with Crippen LogP contribution in [0.5, 0.6) is 0 Å². The molecule has 0 unspecified atom stereocenters. The molecule has 0 aliphatic carbocycles. The highest BCUT2D eigenvalue weighted by molar-refractivity contribution is 5.72. The summed E-state index contributed by atoms with van der Waals surface area (Å²) in [6, 6.07) is 24.3. The predicted molar refractivity (Wildman–Crippen MR) is 100 cm³/mol. The molecule has 0 saturated carbocycles. The summed E-state index contributed by atoms with van der Waals surface area (Å²) < 4.78 is 5.56. The van der Waals surface area contributed by atoms with Crippen molar-refractivity contribution in [2.24, 2.45) is 0 Å². The summed E-state index contributed by atoms with van der Waals surface area (Å²) in [7, 11) is 0. The number of furan rings is 1. The van der Waals surface area contributed by atoms with E-state index in [9.17, 15) is 0 Å². The van der Waals surface area contributed by atoms with Crippen LogP contribution in [0.4, 0.5) is 11.4 Å². The number of nitrogens with zero attached hydrogens (tertiary/aromatic N) is 2. The smallest absolute Gasteiger partial charge is 0.117 e. The second kappa shape index (κ2) is 6.08. The molecule has 2 aliphatic rings. The van der Waals surface area contributed by atoms with Crippen molar-refractivity contribution in [2.75, 3.05) is 18.0 Å². The minimum absolute atomic E-state index is 0.549. The summed E-state index contributed by atoms with van der Waals surface area (Å²) in [5.41, 5.74) is 4.17. The van der Waals surface area contributed by atoms with Crippen molar-refractivity contribution in [3.05, 3.63) is 84.3 Å². The molecule has 25 heavy (non-hydrogen) atoms. The first-order chi connectivity index (χ1) is 12.4. The van der Waals surface area contributed by atoms with E-state index in [4.69, 9.17) is 4.42 Å². The van der Waals surface area contributed by atoms with Crippen molar-refractivity contribution in [3.63, 3.8) is 0 Å². The van der Waals surface area contributed by atoms with E-state index in [1.165, 1.54) is 23.4 Å². The van der Waals surface area contributed by atoms with Gasteiger partial charge in [-0.05, 0) is 42.3 Å². The van der Waals surface area contributed by atoms with E-state index in [-0.39, 0.29) is 0 Å². The van der Waals surface area contributed by atoms with Crippen molar-refractivity contribution >= 4 is 11.4 Å². The molecule has 3 heteroatoms. The van der Waals surface area contributed by atoms with Crippen LogP contribution in [-0.4, -0.2) is 24.0 Å². The van der Waals surface area contributed by atoms with Gasteiger partial charge >= 0.3 is 0 Å². The number of rotatable bonds is 3. The van der Waals surface area contributed by atoms with Gasteiger partial charge in [0.1, 0.15) is 5.76 Å². The molecule has 2 atom stereocenters. The van der Waals surface area contributed by atoms with Gasteiger partial charge in [-0.1, -0.05) is 36.4 Å². The van der Waals surface area contributed by atoms with Gasteiger partial charge in [0.05, 0.1) is 12.8 Å². The third kappa shape index (κ3) is 2.56. The van der Waals surface area contributed by atoms with Crippen LogP contribution in [0, 0.1) is 0 Å². The average Bonchev–Trinajstić information content (AvgIpc) is 3.28. The molecule has 1 saturated heterocycles. The van der Waals surface area contributed by atoms with Crippen LogP contribution < -0.4 is 4.90 Å². The number of hydrogen-bond acceptors (Lipinski definition) is 3. The van der Waals surface area contributed by atoms with Gasteiger partial charge in [0.25, 0.3) is 0 Å². The van der Waals surface area contributed by atoms with Crippen molar-refractivity contribution in [1.82, 2.24) is 4.90 Å². The van der Waals surface area contributed by atoms with E-state index in [0.29, 0.717) is 12.0 Å². The molecule has 2 aromatic carbocycles. The molecule has 0 bridgehead atoms. The number of benzene rings is 2. The van der Waals surface area contributed by atoms with E-state index < -0.39 is 0 Å². The second-order valence-electron chi connectivity index (χ2n) is 7.04. The Morgan fingerprint density at radius 1 is 0.920 bits per heavy atom. The van der Waals surface area contributed by atoms with E-state index in [1.807, 2.05) is 6.07 Å². The fraction of sp³-hybridized carbons (Fsp3) is 0.273. The van der Waals surface area contributed by atoms with Gasteiger partial charge in [-0.15, -0.1) is 0 Å². The molecule has 126 valence electrons. The monoisotopic (exact) mass is 330 g/mol. The second-order valence-corrected chi connectivity index (χ2v) is 7.04. The van der Waals surface area contributed by atoms with Crippen LogP contribution in [0.2, 0.25) is 0 Å². The van der Waals surface area contributed by atoms with Crippen LogP contribution in [-0.2, 0) is 6.54 Å². The predicted octanol–water partition coefficient (Wildman–Crippen LogP) is 4.79. The van der Waals surface area contributed by atoms with Crippen molar-refractivity contribution in [1.29, 1.82) is 0 Å². The van der Waals surface area contributed by atoms with Gasteiger partial charge in [-0.2, -0.15) is 0 Å². The fourth-order valence-corrected chi connectivity index (χ4v) is 4.51. The molecule has 0 radical (unpaired) electrons. The zero-order chi connectivity index (χ0) is 16.6. The maximum atomic E-state index is 5.56. The molecule has 0 amide bonds. The van der Waals surface area contributed by atoms with Gasteiger partial charge < -0.3 is 9.32 Å². The highest BCUT2D eigenvalue weighted by atomic mass is 16.3. The van der Waals surface area contributed by atoms with E-state index in [1.54, 1.807) is 6.26 Å². The standard InChI is InChI=1S/C22H22N2O/c1-2-7-17(8-3-1)24-21-11-5-4-10-19(21)20-16-23(13-12-22(20)24)15-18-9-6-14-25-18/h1-11,14,20,22H,12-13,15-16H2/t20-,22+/m1/s1. The largest absolute Gasteiger partial charge is 0.468 e. The number of likely N-dealkylation sites (tertiary alicyclic amines) is 1. The minimum Gasteiger partial charge on any atom is -0.468 e. The number of anilines is 2. The zero-order valence-corrected chi connectivity index (χ0v) is 14.2. The maximum Gasteiger partial charge on any atom is 0.117 e. The third-order valence-electron chi connectivity index (χ3n) is 5.58. The number of fused-ring (bicyclic) bond motifs is 3. The Balaban J connectivity index is 1.47. The van der Waals surface area contributed by atoms with Crippen LogP contribution in [0.25, 0.3) is 0 Å². The van der Waals surface area contributed by atoms with Gasteiger partial charge in [-0.3, -0.25) is 4.90 Å². The van der Waals surface area contributed by atoms with E-state index in [0.717, 1.165) is 25.4 Å². The number of piperidine rings is 1. The van der Waals surface area contributed by atoms with Crippen LogP contribution >= 0.6 is 0 Å². The Morgan fingerprint density at radius 3 is 2.60 bits per heavy atom. The average molecular weight is 330 g/mol. The Labute approximate surface area is 148 Å². The number of para-hydroxylation sites is 2. The number of hydrogen-bond donors (Lipinski definition) is 0. The van der Waals surface area contributed by atoms with Crippen molar-refractivity contribution in [2.45, 2.75) is 24.9 Å². The van der Waals surface area contributed by atoms with Gasteiger partial charge in [0.2, 0.25) is 0 Å². The van der Waals surface area contributed by atoms with Crippen LogP contribution in [0.3, 0.4) is 0 Å². The summed E-state index contributed by atoms with van der Waals surface area (Å²) in [5.74, 6) is 1.62. The molecule has 1 aromatic heterocycles. The lowest BCUT2D eigenvalue weighted by Gasteiger charge is -2.38. The molecule has 3 nitrogen and oxygen atoms in total. The zero-order valence-electron chi connectivity index (χ0n) is 14.2. The maximum absolute atomic E-state index is 5.56. The van der Waals surface area contributed by atoms with Gasteiger partial charge in [0, 0.05) is 36.4 Å². The van der Waals surface area contributed by atoms with Crippen LogP contribution in [0.15, 0.2) is 77.4 Å². The first kappa shape index (κ1) is 14.8. The van der Waals surface area contributed by atoms with Crippen LogP contribution in [0.1, 0.15) is 23.7 Å². The summed E-state index contributed by atoms with van der Waals surface area (Å²) >= 11 is 0. The molecule has 3 heterocycles. The molecule has 3 aromatic rings. The molecule has 0 spiro atoms. The Bertz CT molecular complexity index is 843. The first-order valence-corrected chi connectivity index (χ1v) is 9.08. The summed E-state index contributed by atoms with van der Waals surface area (Å²) in [6.07, 6.45) is 2.94. The van der Waals surface area contributed by atoms with Gasteiger partial charge in [0.15, 0.2) is 0 Å². The lowest BCUT2D eigenvalue weighted by Crippen LogP contribution is -2.44. The summed E-state index contributed by atoms with van der Waals surface area (Å²) in [4.78, 5) is 5.09. The third-order valence-corrected chi connectivity index (χ3v) is 5.58. The molecular weight excluding hydrogens is 308 g/mol. The molecule has 5 rings (SSSR count). The molecule has 0 N–H and O–H groups in total. The lowest BCUT2D eigenvalue weighted by atomic mass is 9.89. The Hall–Kier alpha value is -2.52. The summed E-state index contributed by atoms with van der Waals surface area (Å²) in [6.45, 7) is 3.11. The van der Waals surface area contributed by atoms with Crippen molar-refractivity contribution < 1.29 is 4.42 Å². The van der Waals surface area contributed by atoms with E-state index >= 15 is 0 Å². The topological polar surface area (TPSA) is 19.6 Å². The lowest BCUT2D eigenvalue weighted by molar-refractivity contribution is 0.177. The normalized spacial score (nSPS) is 22.6. The summed E-state index contributed by atoms with van der Waals surface area (Å²) in [5, 5.41) is 0. The SMILES string of the molecule is c1ccc(N2c3ccccc3[C@H]3CN(Cc4ccco4)CC[C@@H]32)cc1. The van der Waals surface area contributed by atoms with Crippen molar-refractivity contribution in [3.8, 4) is 0 Å². The highest BCUT2D eigenvalue weighted by Gasteiger charge is 2.42. The molecule has 2 aliphatic heterocycles. The van der Waals surface area contributed by atoms with E-state index in [2.05, 4.69) is 70.5 Å². The fourth-order valence-electron chi connectivity index (χ4n) is 4.51. The quantitative estimate of drug-likeness (QED) is 0.688. The minimum atomic E-state index is 0.549. The Kier molecular flexibility index (Phi) is 3.60. The van der Waals surface area contributed by atoms with Gasteiger partial charge in [-0.25, -0.2) is 0 Å². The first-order valence-electron chi connectivity index (χ1n) is 9.08. The highest BCUT2D eigenvalue weighted by Crippen LogP contribution is 2.48. The molecule has 1 fully saturated rings. The molecular formula is C22H22N2O.